The summed E-state index contributed by atoms with van der Waals surface area (Å²) in [7, 11) is 1.86. The molecule has 4 heteroatoms. The molecule has 0 aromatic heterocycles. The molecule has 0 aromatic carbocycles. The first-order valence-corrected chi connectivity index (χ1v) is 5.84. The lowest BCUT2D eigenvalue weighted by Gasteiger charge is -2.22. The van der Waals surface area contributed by atoms with Gasteiger partial charge in [-0.2, -0.15) is 0 Å². The van der Waals surface area contributed by atoms with E-state index in [4.69, 9.17) is 4.74 Å². The lowest BCUT2D eigenvalue weighted by atomic mass is 10.2. The Bertz CT molecular complexity index is 189. The van der Waals surface area contributed by atoms with Gasteiger partial charge in [-0.25, -0.2) is 4.79 Å². The molecule has 1 amide bonds. The van der Waals surface area contributed by atoms with Crippen LogP contribution in [0.2, 0.25) is 0 Å². The van der Waals surface area contributed by atoms with Gasteiger partial charge in [0.05, 0.1) is 0 Å². The molecule has 88 valence electrons. The molecule has 0 bridgehead atoms. The quantitative estimate of drug-likeness (QED) is 0.776. The van der Waals surface area contributed by atoms with E-state index in [1.807, 2.05) is 18.9 Å². The molecule has 15 heavy (non-hydrogen) atoms. The molecule has 4 nitrogen and oxygen atoms in total. The number of likely N-dealkylation sites (tertiary alicyclic amines) is 1. The summed E-state index contributed by atoms with van der Waals surface area (Å²) in [5, 5.41) is 2.99. The maximum absolute atomic E-state index is 11.7. The van der Waals surface area contributed by atoms with Crippen molar-refractivity contribution in [2.75, 3.05) is 26.7 Å². The average Bonchev–Trinajstić information content (AvgIpc) is 2.45. The molecule has 0 saturated carbocycles. The van der Waals surface area contributed by atoms with Crippen molar-refractivity contribution in [1.29, 1.82) is 0 Å². The molecule has 1 N–H and O–H groups in total. The summed E-state index contributed by atoms with van der Waals surface area (Å²) in [5.41, 5.74) is 0. The molecule has 0 aromatic rings. The fourth-order valence-electron chi connectivity index (χ4n) is 1.83. The maximum atomic E-state index is 11.7. The van der Waals surface area contributed by atoms with E-state index in [2.05, 4.69) is 5.32 Å². The van der Waals surface area contributed by atoms with Gasteiger partial charge in [0.25, 0.3) is 0 Å². The molecule has 1 heterocycles. The highest BCUT2D eigenvalue weighted by molar-refractivity contribution is 5.67. The highest BCUT2D eigenvalue weighted by Gasteiger charge is 2.18. The van der Waals surface area contributed by atoms with Gasteiger partial charge in [0, 0.05) is 19.6 Å². The minimum absolute atomic E-state index is 0.0502. The van der Waals surface area contributed by atoms with E-state index in [0.717, 1.165) is 25.9 Å². The highest BCUT2D eigenvalue weighted by atomic mass is 16.6. The summed E-state index contributed by atoms with van der Waals surface area (Å²) in [4.78, 5) is 13.5. The standard InChI is InChI=1S/C11H22N2O2/c1-10(9-12-2)15-11(14)13-7-5-3-4-6-8-13/h10,12H,3-9H2,1-2H3. The first-order chi connectivity index (χ1) is 7.24. The van der Waals surface area contributed by atoms with E-state index in [-0.39, 0.29) is 12.2 Å². The molecule has 1 aliphatic rings. The number of ether oxygens (including phenoxy) is 1. The largest absolute Gasteiger partial charge is 0.445 e. The van der Waals surface area contributed by atoms with Crippen LogP contribution in [0.3, 0.4) is 0 Å². The van der Waals surface area contributed by atoms with Crippen LogP contribution in [0.15, 0.2) is 0 Å². The van der Waals surface area contributed by atoms with Crippen LogP contribution in [0.5, 0.6) is 0 Å². The predicted octanol–water partition coefficient (Wildman–Crippen LogP) is 1.61. The first-order valence-electron chi connectivity index (χ1n) is 5.84. The Labute approximate surface area is 92.0 Å². The molecule has 1 saturated heterocycles. The average molecular weight is 214 g/mol. The fraction of sp³-hybridized carbons (Fsp3) is 0.909. The van der Waals surface area contributed by atoms with E-state index >= 15 is 0 Å². The van der Waals surface area contributed by atoms with Gasteiger partial charge in [-0.05, 0) is 26.8 Å². The zero-order valence-corrected chi connectivity index (χ0v) is 9.79. The molecule has 1 unspecified atom stereocenters. The number of carbonyl (C=O) groups excluding carboxylic acids is 1. The third-order valence-corrected chi connectivity index (χ3v) is 2.66. The first kappa shape index (κ1) is 12.3. The van der Waals surface area contributed by atoms with E-state index in [9.17, 15) is 4.79 Å². The van der Waals surface area contributed by atoms with Gasteiger partial charge in [0.2, 0.25) is 0 Å². The molecule has 0 radical (unpaired) electrons. The minimum Gasteiger partial charge on any atom is -0.445 e. The van der Waals surface area contributed by atoms with Crippen LogP contribution in [-0.4, -0.2) is 43.8 Å². The van der Waals surface area contributed by atoms with E-state index in [0.29, 0.717) is 6.54 Å². The highest BCUT2D eigenvalue weighted by Crippen LogP contribution is 2.11. The Morgan fingerprint density at radius 1 is 1.33 bits per heavy atom. The fourth-order valence-corrected chi connectivity index (χ4v) is 1.83. The zero-order chi connectivity index (χ0) is 11.1. The van der Waals surface area contributed by atoms with Gasteiger partial charge < -0.3 is 15.0 Å². The number of nitrogens with one attached hydrogen (secondary N) is 1. The molecular weight excluding hydrogens is 192 g/mol. The van der Waals surface area contributed by atoms with Crippen LogP contribution in [-0.2, 0) is 4.74 Å². The van der Waals surface area contributed by atoms with Crippen molar-refractivity contribution in [2.24, 2.45) is 0 Å². The number of amides is 1. The van der Waals surface area contributed by atoms with Crippen LogP contribution in [0.1, 0.15) is 32.6 Å². The maximum Gasteiger partial charge on any atom is 0.410 e. The van der Waals surface area contributed by atoms with Crippen molar-refractivity contribution >= 4 is 6.09 Å². The minimum atomic E-state index is -0.153. The lowest BCUT2D eigenvalue weighted by Crippen LogP contribution is -2.36. The van der Waals surface area contributed by atoms with Crippen LogP contribution in [0.25, 0.3) is 0 Å². The van der Waals surface area contributed by atoms with E-state index < -0.39 is 0 Å². The number of hydrogen-bond acceptors (Lipinski definition) is 3. The molecule has 1 aliphatic heterocycles. The van der Waals surface area contributed by atoms with Gasteiger partial charge in [-0.3, -0.25) is 0 Å². The second kappa shape index (κ2) is 6.67. The third kappa shape index (κ3) is 4.51. The Morgan fingerprint density at radius 2 is 1.93 bits per heavy atom. The smallest absolute Gasteiger partial charge is 0.410 e. The number of hydrogen-bond donors (Lipinski definition) is 1. The SMILES string of the molecule is CNCC(C)OC(=O)N1CCCCCC1. The summed E-state index contributed by atoms with van der Waals surface area (Å²) < 4.78 is 5.31. The second-order valence-corrected chi connectivity index (χ2v) is 4.15. The summed E-state index contributed by atoms with van der Waals surface area (Å²) in [6.45, 7) is 4.32. The molecule has 0 aliphatic carbocycles. The van der Waals surface area contributed by atoms with Crippen molar-refractivity contribution in [3.8, 4) is 0 Å². The Balaban J connectivity index is 2.30. The van der Waals surface area contributed by atoms with Crippen molar-refractivity contribution < 1.29 is 9.53 Å². The van der Waals surface area contributed by atoms with Gasteiger partial charge in [0.1, 0.15) is 6.10 Å². The number of rotatable bonds is 3. The zero-order valence-electron chi connectivity index (χ0n) is 9.79. The van der Waals surface area contributed by atoms with E-state index in [1.165, 1.54) is 12.8 Å². The molecule has 1 rings (SSSR count). The van der Waals surface area contributed by atoms with Crippen molar-refractivity contribution in [3.63, 3.8) is 0 Å². The number of carbonyl (C=O) groups is 1. The van der Waals surface area contributed by atoms with Crippen LogP contribution in [0.4, 0.5) is 4.79 Å². The second-order valence-electron chi connectivity index (χ2n) is 4.15. The summed E-state index contributed by atoms with van der Waals surface area (Å²) >= 11 is 0. The summed E-state index contributed by atoms with van der Waals surface area (Å²) in [6.07, 6.45) is 4.47. The van der Waals surface area contributed by atoms with Gasteiger partial charge in [0.15, 0.2) is 0 Å². The van der Waals surface area contributed by atoms with Gasteiger partial charge >= 0.3 is 6.09 Å². The van der Waals surface area contributed by atoms with Crippen molar-refractivity contribution in [2.45, 2.75) is 38.7 Å². The Kier molecular flexibility index (Phi) is 5.47. The number of nitrogens with zero attached hydrogens (tertiary/aromatic N) is 1. The van der Waals surface area contributed by atoms with Gasteiger partial charge in [-0.15, -0.1) is 0 Å². The predicted molar refractivity (Wildman–Crippen MR) is 59.9 cm³/mol. The Morgan fingerprint density at radius 3 is 2.47 bits per heavy atom. The summed E-state index contributed by atoms with van der Waals surface area (Å²) in [5.74, 6) is 0. The molecule has 1 fully saturated rings. The molecule has 1 atom stereocenters. The lowest BCUT2D eigenvalue weighted by molar-refractivity contribution is 0.0714. The van der Waals surface area contributed by atoms with Crippen molar-refractivity contribution in [1.82, 2.24) is 10.2 Å². The monoisotopic (exact) mass is 214 g/mol. The Hall–Kier alpha value is -0.770. The van der Waals surface area contributed by atoms with Crippen LogP contribution >= 0.6 is 0 Å². The third-order valence-electron chi connectivity index (χ3n) is 2.66. The molecule has 0 spiro atoms. The van der Waals surface area contributed by atoms with Crippen LogP contribution in [0, 0.1) is 0 Å². The van der Waals surface area contributed by atoms with Crippen LogP contribution < -0.4 is 5.32 Å². The van der Waals surface area contributed by atoms with Gasteiger partial charge in [-0.1, -0.05) is 12.8 Å². The topological polar surface area (TPSA) is 41.6 Å². The molecular formula is C11H22N2O2. The number of likely N-dealkylation sites (N-methyl/N-ethyl adjacent to an activating group) is 1. The van der Waals surface area contributed by atoms with E-state index in [1.54, 1.807) is 0 Å². The normalized spacial score (nSPS) is 19.5. The summed E-state index contributed by atoms with van der Waals surface area (Å²) in [6, 6.07) is 0. The van der Waals surface area contributed by atoms with Crippen molar-refractivity contribution in [3.05, 3.63) is 0 Å².